The van der Waals surface area contributed by atoms with Gasteiger partial charge in [0, 0.05) is 19.0 Å². The van der Waals surface area contributed by atoms with Gasteiger partial charge in [0.1, 0.15) is 12.3 Å². The predicted octanol–water partition coefficient (Wildman–Crippen LogP) is 1.92. The van der Waals surface area contributed by atoms with Crippen LogP contribution in [0.2, 0.25) is 0 Å². The van der Waals surface area contributed by atoms with Gasteiger partial charge in [0.2, 0.25) is 11.8 Å². The molecule has 0 atom stereocenters. The first-order valence-electron chi connectivity index (χ1n) is 10.0. The molecule has 1 fully saturated rings. The molecule has 2 aromatic carbocycles. The molecule has 8 nitrogen and oxygen atoms in total. The minimum atomic E-state index is -3.99. The van der Waals surface area contributed by atoms with Gasteiger partial charge in [-0.25, -0.2) is 8.42 Å². The van der Waals surface area contributed by atoms with Crippen molar-refractivity contribution in [3.63, 3.8) is 0 Å². The molecule has 0 saturated carbocycles. The molecule has 2 aromatic rings. The summed E-state index contributed by atoms with van der Waals surface area (Å²) in [5.74, 6) is -0.398. The maximum Gasteiger partial charge on any atom is 0.264 e. The van der Waals surface area contributed by atoms with E-state index in [4.69, 9.17) is 10.5 Å². The zero-order valence-corrected chi connectivity index (χ0v) is 18.5. The van der Waals surface area contributed by atoms with Crippen LogP contribution >= 0.6 is 0 Å². The molecule has 0 spiro atoms. The Morgan fingerprint density at radius 1 is 1.06 bits per heavy atom. The van der Waals surface area contributed by atoms with Gasteiger partial charge in [-0.05, 0) is 56.2 Å². The fourth-order valence-corrected chi connectivity index (χ4v) is 4.95. The second-order valence-corrected chi connectivity index (χ2v) is 9.44. The molecule has 0 aliphatic carbocycles. The van der Waals surface area contributed by atoms with E-state index in [0.29, 0.717) is 37.4 Å². The van der Waals surface area contributed by atoms with Gasteiger partial charge in [-0.2, -0.15) is 0 Å². The number of likely N-dealkylation sites (tertiary alicyclic amines) is 1. The SMILES string of the molecule is COc1ccc(S(=O)(=O)N(CC(=O)N2CCC(C(N)=O)CC2)c2ccc(C)cc2)cc1. The molecule has 1 aliphatic heterocycles. The molecule has 2 amide bonds. The zero-order valence-electron chi connectivity index (χ0n) is 17.7. The number of hydrogen-bond acceptors (Lipinski definition) is 5. The lowest BCUT2D eigenvalue weighted by Gasteiger charge is -2.33. The first-order chi connectivity index (χ1) is 14.7. The molecule has 0 bridgehead atoms. The Labute approximate surface area is 182 Å². The van der Waals surface area contributed by atoms with E-state index >= 15 is 0 Å². The average Bonchev–Trinajstić information content (AvgIpc) is 2.78. The Morgan fingerprint density at radius 2 is 1.65 bits per heavy atom. The predicted molar refractivity (Wildman–Crippen MR) is 117 cm³/mol. The number of primary amides is 1. The van der Waals surface area contributed by atoms with Crippen molar-refractivity contribution in [1.29, 1.82) is 0 Å². The smallest absolute Gasteiger partial charge is 0.264 e. The quantitative estimate of drug-likeness (QED) is 0.700. The van der Waals surface area contributed by atoms with Gasteiger partial charge in [0.05, 0.1) is 17.7 Å². The monoisotopic (exact) mass is 445 g/mol. The molecule has 9 heteroatoms. The number of sulfonamides is 1. The Kier molecular flexibility index (Phi) is 6.84. The molecule has 1 aliphatic rings. The van der Waals surface area contributed by atoms with Crippen molar-refractivity contribution in [2.75, 3.05) is 31.0 Å². The summed E-state index contributed by atoms with van der Waals surface area (Å²) < 4.78 is 33.1. The number of ether oxygens (including phenoxy) is 1. The lowest BCUT2D eigenvalue weighted by atomic mass is 9.96. The summed E-state index contributed by atoms with van der Waals surface area (Å²) in [6.07, 6.45) is 0.966. The Bertz CT molecular complexity index is 1030. The normalized spacial score (nSPS) is 14.8. The molecule has 1 saturated heterocycles. The molecule has 0 radical (unpaired) electrons. The lowest BCUT2D eigenvalue weighted by Crippen LogP contribution is -2.47. The number of nitrogens with two attached hydrogens (primary N) is 1. The summed E-state index contributed by atoms with van der Waals surface area (Å²) in [5, 5.41) is 0. The number of methoxy groups -OCH3 is 1. The van der Waals surface area contributed by atoms with Crippen molar-refractivity contribution in [2.24, 2.45) is 11.7 Å². The zero-order chi connectivity index (χ0) is 22.6. The number of carbonyl (C=O) groups excluding carboxylic acids is 2. The number of nitrogens with zero attached hydrogens (tertiary/aromatic N) is 2. The highest BCUT2D eigenvalue weighted by atomic mass is 32.2. The third kappa shape index (κ3) is 5.16. The minimum Gasteiger partial charge on any atom is -0.497 e. The lowest BCUT2D eigenvalue weighted by molar-refractivity contribution is -0.133. The largest absolute Gasteiger partial charge is 0.497 e. The summed E-state index contributed by atoms with van der Waals surface area (Å²) in [6.45, 7) is 2.31. The Hall–Kier alpha value is -3.07. The van der Waals surface area contributed by atoms with Crippen LogP contribution in [0, 0.1) is 12.8 Å². The minimum absolute atomic E-state index is 0.0640. The highest BCUT2D eigenvalue weighted by Crippen LogP contribution is 2.26. The van der Waals surface area contributed by atoms with Crippen LogP contribution < -0.4 is 14.8 Å². The number of carbonyl (C=O) groups is 2. The van der Waals surface area contributed by atoms with E-state index < -0.39 is 10.0 Å². The van der Waals surface area contributed by atoms with Crippen molar-refractivity contribution in [2.45, 2.75) is 24.7 Å². The van der Waals surface area contributed by atoms with Gasteiger partial charge in [0.25, 0.3) is 10.0 Å². The van der Waals surface area contributed by atoms with Crippen LogP contribution in [0.25, 0.3) is 0 Å². The van der Waals surface area contributed by atoms with Crippen LogP contribution in [0.15, 0.2) is 53.4 Å². The van der Waals surface area contributed by atoms with Gasteiger partial charge >= 0.3 is 0 Å². The van der Waals surface area contributed by atoms with E-state index in [1.54, 1.807) is 41.3 Å². The Morgan fingerprint density at radius 3 is 2.16 bits per heavy atom. The van der Waals surface area contributed by atoms with Crippen molar-refractivity contribution in [1.82, 2.24) is 4.90 Å². The third-order valence-corrected chi connectivity index (χ3v) is 7.29. The van der Waals surface area contributed by atoms with Gasteiger partial charge in [-0.1, -0.05) is 17.7 Å². The first kappa shape index (κ1) is 22.6. The number of benzene rings is 2. The topological polar surface area (TPSA) is 110 Å². The molecular formula is C22H27N3O5S. The van der Waals surface area contributed by atoms with Gasteiger partial charge in [-0.15, -0.1) is 0 Å². The molecule has 2 N–H and O–H groups in total. The van der Waals surface area contributed by atoms with Crippen LogP contribution in [0.5, 0.6) is 5.75 Å². The highest BCUT2D eigenvalue weighted by molar-refractivity contribution is 7.92. The van der Waals surface area contributed by atoms with Gasteiger partial charge < -0.3 is 15.4 Å². The van der Waals surface area contributed by atoms with E-state index in [1.807, 2.05) is 6.92 Å². The molecule has 166 valence electrons. The molecular weight excluding hydrogens is 418 g/mol. The maximum absolute atomic E-state index is 13.4. The summed E-state index contributed by atoms with van der Waals surface area (Å²) in [4.78, 5) is 26.0. The summed E-state index contributed by atoms with van der Waals surface area (Å²) >= 11 is 0. The van der Waals surface area contributed by atoms with E-state index in [0.717, 1.165) is 9.87 Å². The van der Waals surface area contributed by atoms with Gasteiger partial charge in [-0.3, -0.25) is 13.9 Å². The molecule has 0 unspecified atom stereocenters. The first-order valence-corrected chi connectivity index (χ1v) is 11.5. The second kappa shape index (κ2) is 9.38. The summed E-state index contributed by atoms with van der Waals surface area (Å²) in [5.41, 5.74) is 6.74. The maximum atomic E-state index is 13.4. The summed E-state index contributed by atoms with van der Waals surface area (Å²) in [7, 11) is -2.49. The van der Waals surface area contributed by atoms with Crippen LogP contribution in [0.3, 0.4) is 0 Å². The number of hydrogen-bond donors (Lipinski definition) is 1. The number of piperidine rings is 1. The van der Waals surface area contributed by atoms with Crippen molar-refractivity contribution >= 4 is 27.5 Å². The number of rotatable bonds is 7. The van der Waals surface area contributed by atoms with Crippen LogP contribution in [0.1, 0.15) is 18.4 Å². The third-order valence-electron chi connectivity index (χ3n) is 5.50. The van der Waals surface area contributed by atoms with E-state index in [2.05, 4.69) is 0 Å². The molecule has 3 rings (SSSR count). The van der Waals surface area contributed by atoms with Crippen LogP contribution in [0.4, 0.5) is 5.69 Å². The fraction of sp³-hybridized carbons (Fsp3) is 0.364. The van der Waals surface area contributed by atoms with Crippen LogP contribution in [-0.4, -0.2) is 51.9 Å². The number of anilines is 1. The number of amides is 2. The van der Waals surface area contributed by atoms with Crippen molar-refractivity contribution in [3.05, 3.63) is 54.1 Å². The molecule has 1 heterocycles. The Balaban J connectivity index is 1.87. The van der Waals surface area contributed by atoms with Gasteiger partial charge in [0.15, 0.2) is 0 Å². The molecule has 31 heavy (non-hydrogen) atoms. The van der Waals surface area contributed by atoms with E-state index in [1.165, 1.54) is 19.2 Å². The average molecular weight is 446 g/mol. The van der Waals surface area contributed by atoms with Crippen molar-refractivity contribution in [3.8, 4) is 5.75 Å². The molecule has 0 aromatic heterocycles. The fourth-order valence-electron chi connectivity index (χ4n) is 3.54. The second-order valence-electron chi connectivity index (χ2n) is 7.58. The standard InChI is InChI=1S/C22H27N3O5S/c1-16-3-5-18(6-4-16)25(31(28,29)20-9-7-19(30-2)8-10-20)15-21(26)24-13-11-17(12-14-24)22(23)27/h3-10,17H,11-15H2,1-2H3,(H2,23,27). The van der Waals surface area contributed by atoms with Crippen molar-refractivity contribution < 1.29 is 22.7 Å². The highest BCUT2D eigenvalue weighted by Gasteiger charge is 2.31. The number of aryl methyl sites for hydroxylation is 1. The van der Waals surface area contributed by atoms with E-state index in [9.17, 15) is 18.0 Å². The van der Waals surface area contributed by atoms with E-state index in [-0.39, 0.29) is 29.2 Å². The summed E-state index contributed by atoms with van der Waals surface area (Å²) in [6, 6.07) is 13.0. The van der Waals surface area contributed by atoms with Crippen LogP contribution in [-0.2, 0) is 19.6 Å².